The van der Waals surface area contributed by atoms with E-state index in [2.05, 4.69) is 15.3 Å². The number of aliphatic hydroxyl groups is 1. The van der Waals surface area contributed by atoms with Crippen LogP contribution in [0.2, 0.25) is 5.02 Å². The molecule has 1 aliphatic rings. The largest absolute Gasteiger partial charge is 0.490 e. The molecular formula is C22H25ClFN5O3. The Labute approximate surface area is 189 Å². The third-order valence-corrected chi connectivity index (χ3v) is 5.77. The number of halogens is 2. The predicted molar refractivity (Wildman–Crippen MR) is 119 cm³/mol. The number of imidazole rings is 1. The molecule has 170 valence electrons. The molecular weight excluding hydrogens is 437 g/mol. The van der Waals surface area contributed by atoms with Crippen LogP contribution >= 0.6 is 11.6 Å². The van der Waals surface area contributed by atoms with Crippen molar-refractivity contribution in [2.75, 3.05) is 5.73 Å². The second-order valence-corrected chi connectivity index (χ2v) is 8.73. The Morgan fingerprint density at radius 2 is 2.12 bits per heavy atom. The summed E-state index contributed by atoms with van der Waals surface area (Å²) in [5.41, 5.74) is 7.63. The van der Waals surface area contributed by atoms with Crippen LogP contribution in [0, 0.1) is 12.7 Å². The van der Waals surface area contributed by atoms with Crippen LogP contribution in [0.3, 0.4) is 0 Å². The molecule has 1 saturated carbocycles. The summed E-state index contributed by atoms with van der Waals surface area (Å²) < 4.78 is 22.9. The fourth-order valence-electron chi connectivity index (χ4n) is 3.81. The summed E-state index contributed by atoms with van der Waals surface area (Å²) in [5.74, 6) is -0.931. The molecule has 8 nitrogen and oxygen atoms in total. The first-order valence-electron chi connectivity index (χ1n) is 10.4. The number of ether oxygens (including phenoxy) is 1. The van der Waals surface area contributed by atoms with E-state index in [0.717, 1.165) is 0 Å². The summed E-state index contributed by atoms with van der Waals surface area (Å²) >= 11 is 6.22. The standard InChI is InChI=1S/C22H25ClFN5O3/c1-9(2)32-19-12(7-13(23)17(24)16(19)22(31)28-14-8-15(14)30)10(3)21-27-11(4)18-20(25)26-5-6-29(18)21/h5-7,9-10,14-15,30H,8H2,1-4H3,(H2,25,26)(H,28,31). The lowest BCUT2D eigenvalue weighted by molar-refractivity contribution is 0.0931. The molecule has 10 heteroatoms. The summed E-state index contributed by atoms with van der Waals surface area (Å²) in [7, 11) is 0. The van der Waals surface area contributed by atoms with Gasteiger partial charge in [0.05, 0.1) is 29.0 Å². The Balaban J connectivity index is 1.88. The molecule has 4 rings (SSSR count). The van der Waals surface area contributed by atoms with E-state index in [1.807, 2.05) is 18.2 Å². The summed E-state index contributed by atoms with van der Waals surface area (Å²) in [4.78, 5) is 21.7. The van der Waals surface area contributed by atoms with Gasteiger partial charge < -0.3 is 20.9 Å². The van der Waals surface area contributed by atoms with Gasteiger partial charge in [0.25, 0.3) is 5.91 Å². The Hall–Kier alpha value is -2.91. The van der Waals surface area contributed by atoms with Gasteiger partial charge in [-0.15, -0.1) is 0 Å². The molecule has 0 spiro atoms. The van der Waals surface area contributed by atoms with Crippen LogP contribution < -0.4 is 15.8 Å². The van der Waals surface area contributed by atoms with Gasteiger partial charge in [0, 0.05) is 23.9 Å². The molecule has 0 saturated heterocycles. The van der Waals surface area contributed by atoms with E-state index in [0.29, 0.717) is 34.8 Å². The van der Waals surface area contributed by atoms with Crippen LogP contribution in [0.1, 0.15) is 60.5 Å². The Morgan fingerprint density at radius 3 is 2.75 bits per heavy atom. The molecule has 1 aromatic carbocycles. The molecule has 1 fully saturated rings. The number of rotatable bonds is 6. The number of nitrogens with two attached hydrogens (primary N) is 1. The average Bonchev–Trinajstić information content (AvgIpc) is 3.29. The lowest BCUT2D eigenvalue weighted by Crippen LogP contribution is -2.30. The fraction of sp³-hybridized carbons (Fsp3) is 0.409. The van der Waals surface area contributed by atoms with Gasteiger partial charge in [0.15, 0.2) is 5.82 Å². The maximum atomic E-state index is 15.1. The number of amides is 1. The number of nitrogens with one attached hydrogen (secondary N) is 1. The molecule has 4 N–H and O–H groups in total. The van der Waals surface area contributed by atoms with Crippen molar-refractivity contribution in [1.29, 1.82) is 0 Å². The number of carbonyl (C=O) groups excluding carboxylic acids is 1. The van der Waals surface area contributed by atoms with Gasteiger partial charge in [0.2, 0.25) is 0 Å². The fourth-order valence-corrected chi connectivity index (χ4v) is 4.02. The number of benzene rings is 1. The SMILES string of the molecule is Cc1nc(C(C)c2cc(Cl)c(F)c(C(=O)NC3CC3O)c2OC(C)C)n2ccnc(N)c12. The van der Waals surface area contributed by atoms with Crippen LogP contribution in [-0.4, -0.2) is 43.6 Å². The highest BCUT2D eigenvalue weighted by atomic mass is 35.5. The minimum atomic E-state index is -0.872. The number of fused-ring (bicyclic) bond motifs is 1. The highest BCUT2D eigenvalue weighted by Crippen LogP contribution is 2.40. The lowest BCUT2D eigenvalue weighted by atomic mass is 9.95. The first kappa shape index (κ1) is 22.3. The molecule has 3 aromatic rings. The van der Waals surface area contributed by atoms with E-state index in [4.69, 9.17) is 22.1 Å². The van der Waals surface area contributed by atoms with E-state index in [-0.39, 0.29) is 22.4 Å². The minimum absolute atomic E-state index is 0.0958. The number of aliphatic hydroxyl groups excluding tert-OH is 1. The van der Waals surface area contributed by atoms with E-state index >= 15 is 4.39 Å². The summed E-state index contributed by atoms with van der Waals surface area (Å²) in [6.07, 6.45) is 2.77. The van der Waals surface area contributed by atoms with E-state index in [1.165, 1.54) is 6.07 Å². The molecule has 32 heavy (non-hydrogen) atoms. The maximum absolute atomic E-state index is 15.1. The highest BCUT2D eigenvalue weighted by Gasteiger charge is 2.38. The molecule has 2 aromatic heterocycles. The van der Waals surface area contributed by atoms with Crippen molar-refractivity contribution in [1.82, 2.24) is 19.7 Å². The van der Waals surface area contributed by atoms with Crippen LogP contribution in [0.4, 0.5) is 10.2 Å². The minimum Gasteiger partial charge on any atom is -0.490 e. The molecule has 3 atom stereocenters. The number of hydrogen-bond donors (Lipinski definition) is 3. The third-order valence-electron chi connectivity index (χ3n) is 5.49. The Morgan fingerprint density at radius 1 is 1.44 bits per heavy atom. The number of anilines is 1. The van der Waals surface area contributed by atoms with Crippen molar-refractivity contribution in [2.24, 2.45) is 0 Å². The zero-order chi connectivity index (χ0) is 23.3. The van der Waals surface area contributed by atoms with E-state index in [1.54, 1.807) is 26.2 Å². The van der Waals surface area contributed by atoms with Gasteiger partial charge >= 0.3 is 0 Å². The second-order valence-electron chi connectivity index (χ2n) is 8.32. The molecule has 0 aliphatic heterocycles. The van der Waals surface area contributed by atoms with Crippen LogP contribution in [-0.2, 0) is 0 Å². The quantitative estimate of drug-likeness (QED) is 0.519. The number of aryl methyl sites for hydroxylation is 1. The Bertz CT molecular complexity index is 1210. The van der Waals surface area contributed by atoms with Crippen LogP contribution in [0.15, 0.2) is 18.5 Å². The average molecular weight is 462 g/mol. The molecule has 1 aliphatic carbocycles. The normalized spacial score (nSPS) is 18.8. The van der Waals surface area contributed by atoms with Gasteiger partial charge in [-0.25, -0.2) is 14.4 Å². The zero-order valence-corrected chi connectivity index (χ0v) is 18.9. The van der Waals surface area contributed by atoms with Gasteiger partial charge in [-0.05, 0) is 33.3 Å². The monoisotopic (exact) mass is 461 g/mol. The first-order chi connectivity index (χ1) is 15.1. The number of hydrogen-bond acceptors (Lipinski definition) is 6. The summed E-state index contributed by atoms with van der Waals surface area (Å²) in [6.45, 7) is 7.27. The molecule has 0 radical (unpaired) electrons. The zero-order valence-electron chi connectivity index (χ0n) is 18.2. The number of aromatic nitrogens is 3. The van der Waals surface area contributed by atoms with Crippen molar-refractivity contribution < 1.29 is 19.0 Å². The molecule has 2 heterocycles. The van der Waals surface area contributed by atoms with Gasteiger partial charge in [0.1, 0.15) is 28.5 Å². The van der Waals surface area contributed by atoms with E-state index < -0.39 is 29.8 Å². The summed E-state index contributed by atoms with van der Waals surface area (Å²) in [6, 6.07) is 1.05. The van der Waals surface area contributed by atoms with Crippen molar-refractivity contribution in [2.45, 2.75) is 58.3 Å². The smallest absolute Gasteiger partial charge is 0.258 e. The van der Waals surface area contributed by atoms with Crippen molar-refractivity contribution in [3.8, 4) is 5.75 Å². The van der Waals surface area contributed by atoms with Crippen LogP contribution in [0.25, 0.3) is 5.52 Å². The van der Waals surface area contributed by atoms with Crippen molar-refractivity contribution in [3.05, 3.63) is 51.9 Å². The third kappa shape index (κ3) is 3.86. The highest BCUT2D eigenvalue weighted by molar-refractivity contribution is 6.31. The van der Waals surface area contributed by atoms with Crippen molar-refractivity contribution >= 4 is 28.8 Å². The number of carbonyl (C=O) groups is 1. The predicted octanol–water partition coefficient (Wildman–Crippen LogP) is 3.21. The number of nitrogens with zero attached hydrogens (tertiary/aromatic N) is 3. The van der Waals surface area contributed by atoms with Crippen molar-refractivity contribution in [3.63, 3.8) is 0 Å². The maximum Gasteiger partial charge on any atom is 0.258 e. The van der Waals surface area contributed by atoms with Crippen LogP contribution in [0.5, 0.6) is 5.75 Å². The lowest BCUT2D eigenvalue weighted by Gasteiger charge is -2.22. The second kappa shape index (κ2) is 8.22. The topological polar surface area (TPSA) is 115 Å². The molecule has 3 unspecified atom stereocenters. The van der Waals surface area contributed by atoms with Gasteiger partial charge in [-0.2, -0.15) is 0 Å². The van der Waals surface area contributed by atoms with Gasteiger partial charge in [-0.3, -0.25) is 9.20 Å². The van der Waals surface area contributed by atoms with E-state index in [9.17, 15) is 9.90 Å². The number of nitrogen functional groups attached to an aromatic ring is 1. The summed E-state index contributed by atoms with van der Waals surface area (Å²) in [5, 5.41) is 12.0. The Kier molecular flexibility index (Phi) is 5.72. The first-order valence-corrected chi connectivity index (χ1v) is 10.7. The molecule has 1 amide bonds. The van der Waals surface area contributed by atoms with Gasteiger partial charge in [-0.1, -0.05) is 18.5 Å². The molecule has 0 bridgehead atoms.